The number of hydrogen-bond donors (Lipinski definition) is 0. The predicted molar refractivity (Wildman–Crippen MR) is 117 cm³/mol. The van der Waals surface area contributed by atoms with Gasteiger partial charge in [-0.2, -0.15) is 10.1 Å². The lowest BCUT2D eigenvalue weighted by molar-refractivity contribution is 0.204. The second-order valence-electron chi connectivity index (χ2n) is 7.42. The van der Waals surface area contributed by atoms with Crippen molar-refractivity contribution in [3.05, 3.63) is 55.4 Å². The van der Waals surface area contributed by atoms with Crippen LogP contribution in [0.25, 0.3) is 11.2 Å². The number of halogens is 2. The van der Waals surface area contributed by atoms with E-state index in [1.807, 2.05) is 13.8 Å². The summed E-state index contributed by atoms with van der Waals surface area (Å²) in [6, 6.07) is 3.97. The van der Waals surface area contributed by atoms with Gasteiger partial charge in [0.1, 0.15) is 5.82 Å². The van der Waals surface area contributed by atoms with Gasteiger partial charge in [-0.1, -0.05) is 17.7 Å². The van der Waals surface area contributed by atoms with Crippen molar-refractivity contribution in [1.82, 2.24) is 18.7 Å². The van der Waals surface area contributed by atoms with Gasteiger partial charge in [0, 0.05) is 24.7 Å². The minimum atomic E-state index is -0.610. The molecule has 0 bridgehead atoms. The highest BCUT2D eigenvalue weighted by molar-refractivity contribution is 6.31. The van der Waals surface area contributed by atoms with Crippen LogP contribution in [-0.4, -0.2) is 44.7 Å². The van der Waals surface area contributed by atoms with Crippen LogP contribution in [0.1, 0.15) is 25.5 Å². The fraction of sp³-hybridized carbons (Fsp3) is 0.400. The molecule has 0 spiro atoms. The maximum absolute atomic E-state index is 14.3. The molecule has 4 rings (SSSR count). The number of benzene rings is 1. The average molecular weight is 449 g/mol. The van der Waals surface area contributed by atoms with Gasteiger partial charge in [0.05, 0.1) is 31.4 Å². The number of imidazole rings is 1. The Morgan fingerprint density at radius 3 is 2.71 bits per heavy atom. The van der Waals surface area contributed by atoms with E-state index in [0.29, 0.717) is 19.1 Å². The van der Waals surface area contributed by atoms with Crippen LogP contribution in [0.3, 0.4) is 0 Å². The molecule has 0 amide bonds. The summed E-state index contributed by atoms with van der Waals surface area (Å²) >= 11 is 6.13. The van der Waals surface area contributed by atoms with Gasteiger partial charge in [-0.3, -0.25) is 18.5 Å². The zero-order valence-electron chi connectivity index (χ0n) is 17.6. The quantitative estimate of drug-likeness (QED) is 0.597. The molecule has 1 atom stereocenters. The van der Waals surface area contributed by atoms with Gasteiger partial charge in [-0.15, -0.1) is 0 Å². The Hall–Kier alpha value is -2.98. The van der Waals surface area contributed by atoms with Crippen LogP contribution in [0.15, 0.2) is 32.9 Å². The number of aromatic nitrogens is 4. The molecule has 2 aromatic heterocycles. The van der Waals surface area contributed by atoms with Gasteiger partial charge in [-0.25, -0.2) is 14.2 Å². The van der Waals surface area contributed by atoms with Crippen LogP contribution in [0.2, 0.25) is 5.02 Å². The Bertz CT molecular complexity index is 1300. The molecular weight excluding hydrogens is 427 g/mol. The summed E-state index contributed by atoms with van der Waals surface area (Å²) < 4.78 is 23.5. The highest BCUT2D eigenvalue weighted by atomic mass is 35.5. The zero-order valence-corrected chi connectivity index (χ0v) is 18.4. The van der Waals surface area contributed by atoms with E-state index in [2.05, 4.69) is 10.1 Å². The van der Waals surface area contributed by atoms with E-state index in [9.17, 15) is 14.0 Å². The van der Waals surface area contributed by atoms with E-state index < -0.39 is 17.1 Å². The highest BCUT2D eigenvalue weighted by Gasteiger charge is 2.30. The molecule has 11 heteroatoms. The number of nitrogens with zero attached hydrogens (tertiary/aromatic N) is 6. The number of rotatable bonds is 5. The molecule has 0 fully saturated rings. The number of fused-ring (bicyclic) bond motifs is 3. The third-order valence-electron chi connectivity index (χ3n) is 5.54. The largest absolute Gasteiger partial charge is 0.383 e. The lowest BCUT2D eigenvalue weighted by Gasteiger charge is -2.29. The molecule has 0 aliphatic carbocycles. The molecule has 1 aromatic carbocycles. The van der Waals surface area contributed by atoms with Crippen molar-refractivity contribution in [2.75, 3.05) is 25.3 Å². The van der Waals surface area contributed by atoms with Gasteiger partial charge < -0.3 is 4.74 Å². The summed E-state index contributed by atoms with van der Waals surface area (Å²) in [6.07, 6.45) is 0. The summed E-state index contributed by atoms with van der Waals surface area (Å²) in [5, 5.41) is 6.35. The first-order chi connectivity index (χ1) is 14.8. The SMILES string of the molecule is COCCN1N=C(C)[C@@H](C)n2c1nc1c2c(=O)n(Cc2c(F)cccc2Cl)c(=O)n1C. The van der Waals surface area contributed by atoms with Crippen LogP contribution in [0.4, 0.5) is 10.3 Å². The summed E-state index contributed by atoms with van der Waals surface area (Å²) in [5.74, 6) is -0.141. The molecular formula is C20H22ClFN6O3. The van der Waals surface area contributed by atoms with Gasteiger partial charge >= 0.3 is 5.69 Å². The summed E-state index contributed by atoms with van der Waals surface area (Å²) in [4.78, 5) is 31.0. The fourth-order valence-electron chi connectivity index (χ4n) is 3.69. The molecule has 1 aliphatic heterocycles. The second kappa shape index (κ2) is 7.93. The van der Waals surface area contributed by atoms with E-state index in [4.69, 9.17) is 16.3 Å². The molecule has 164 valence electrons. The van der Waals surface area contributed by atoms with Gasteiger partial charge in [0.25, 0.3) is 5.56 Å². The first kappa shape index (κ1) is 21.3. The molecule has 3 heterocycles. The second-order valence-corrected chi connectivity index (χ2v) is 7.83. The minimum absolute atomic E-state index is 0.0774. The van der Waals surface area contributed by atoms with Crippen LogP contribution in [0.5, 0.6) is 0 Å². The van der Waals surface area contributed by atoms with Crippen LogP contribution in [0, 0.1) is 5.82 Å². The Kier molecular flexibility index (Phi) is 5.44. The van der Waals surface area contributed by atoms with Crippen molar-refractivity contribution in [1.29, 1.82) is 0 Å². The monoisotopic (exact) mass is 448 g/mol. The van der Waals surface area contributed by atoms with Gasteiger partial charge in [-0.05, 0) is 26.0 Å². The van der Waals surface area contributed by atoms with E-state index in [0.717, 1.165) is 10.3 Å². The number of anilines is 1. The molecule has 0 unspecified atom stereocenters. The molecule has 31 heavy (non-hydrogen) atoms. The highest BCUT2D eigenvalue weighted by Crippen LogP contribution is 2.29. The fourth-order valence-corrected chi connectivity index (χ4v) is 3.91. The Balaban J connectivity index is 1.97. The van der Waals surface area contributed by atoms with Crippen LogP contribution in [-0.2, 0) is 18.3 Å². The molecule has 1 aliphatic rings. The van der Waals surface area contributed by atoms with Crippen molar-refractivity contribution >= 4 is 34.4 Å². The maximum Gasteiger partial charge on any atom is 0.332 e. The number of hydrogen-bond acceptors (Lipinski definition) is 6. The molecule has 3 aromatic rings. The van der Waals surface area contributed by atoms with E-state index in [-0.39, 0.29) is 34.3 Å². The Morgan fingerprint density at radius 1 is 1.29 bits per heavy atom. The van der Waals surface area contributed by atoms with Crippen LogP contribution < -0.4 is 16.3 Å². The van der Waals surface area contributed by atoms with E-state index in [1.165, 1.54) is 29.8 Å². The number of methoxy groups -OCH3 is 1. The zero-order chi connectivity index (χ0) is 22.4. The molecule has 0 saturated carbocycles. The summed E-state index contributed by atoms with van der Waals surface area (Å²) in [6.45, 7) is 4.31. The van der Waals surface area contributed by atoms with Crippen molar-refractivity contribution in [3.8, 4) is 0 Å². The maximum atomic E-state index is 14.3. The Morgan fingerprint density at radius 2 is 2.03 bits per heavy atom. The minimum Gasteiger partial charge on any atom is -0.383 e. The third kappa shape index (κ3) is 3.35. The van der Waals surface area contributed by atoms with E-state index in [1.54, 1.807) is 16.7 Å². The number of ether oxygens (including phenoxy) is 1. The van der Waals surface area contributed by atoms with Crippen LogP contribution >= 0.6 is 11.6 Å². The smallest absolute Gasteiger partial charge is 0.332 e. The molecule has 0 N–H and O–H groups in total. The van der Waals surface area contributed by atoms with Crippen molar-refractivity contribution in [2.24, 2.45) is 12.1 Å². The first-order valence-corrected chi connectivity index (χ1v) is 10.1. The summed E-state index contributed by atoms with van der Waals surface area (Å²) in [5.41, 5.74) is 0.160. The molecule has 0 radical (unpaired) electrons. The normalized spacial score (nSPS) is 16.0. The van der Waals surface area contributed by atoms with Crippen molar-refractivity contribution < 1.29 is 9.13 Å². The van der Waals surface area contributed by atoms with Crippen molar-refractivity contribution in [2.45, 2.75) is 26.4 Å². The molecule has 0 saturated heterocycles. The van der Waals surface area contributed by atoms with Gasteiger partial charge in [0.2, 0.25) is 5.95 Å². The first-order valence-electron chi connectivity index (χ1n) is 9.72. The Labute approximate surface area is 181 Å². The number of hydrazone groups is 1. The topological polar surface area (TPSA) is 86.7 Å². The lowest BCUT2D eigenvalue weighted by atomic mass is 10.2. The van der Waals surface area contributed by atoms with Gasteiger partial charge in [0.15, 0.2) is 11.2 Å². The summed E-state index contributed by atoms with van der Waals surface area (Å²) in [7, 11) is 3.11. The standard InChI is InChI=1S/C20H22ClFN6O3/c1-11-12(2)28-16-17(23-19(28)27(24-11)8-9-31-4)25(3)20(30)26(18(16)29)10-13-14(21)6-5-7-15(13)22/h5-7,12H,8-10H2,1-4H3/t12-/m1/s1. The molecule has 9 nitrogen and oxygen atoms in total. The third-order valence-corrected chi connectivity index (χ3v) is 5.90. The average Bonchev–Trinajstić information content (AvgIpc) is 3.14. The predicted octanol–water partition coefficient (Wildman–Crippen LogP) is 2.14. The van der Waals surface area contributed by atoms with Crippen molar-refractivity contribution in [3.63, 3.8) is 0 Å². The van der Waals surface area contributed by atoms with E-state index >= 15 is 0 Å². The lowest BCUT2D eigenvalue weighted by Crippen LogP contribution is -2.41. The number of aryl methyl sites for hydroxylation is 1.